The minimum atomic E-state index is -1.14. The van der Waals surface area contributed by atoms with E-state index in [1.807, 2.05) is 48.5 Å². The normalized spacial score (nSPS) is 12.7. The number of carbonyl (C=O) groups excluding carboxylic acids is 1. The summed E-state index contributed by atoms with van der Waals surface area (Å²) in [5.41, 5.74) is 0.824. The topological polar surface area (TPSA) is 84.9 Å². The van der Waals surface area contributed by atoms with Crippen molar-refractivity contribution in [1.82, 2.24) is 5.32 Å². The van der Waals surface area contributed by atoms with Gasteiger partial charge in [-0.1, -0.05) is 48.5 Å². The van der Waals surface area contributed by atoms with E-state index >= 15 is 0 Å². The van der Waals surface area contributed by atoms with Crippen molar-refractivity contribution in [3.8, 4) is 5.75 Å². The molecule has 0 fully saturated rings. The van der Waals surface area contributed by atoms with Crippen LogP contribution in [0.25, 0.3) is 0 Å². The smallest absolute Gasteiger partial charge is 0.408 e. The maximum absolute atomic E-state index is 11.8. The lowest BCUT2D eigenvalue weighted by molar-refractivity contribution is -0.140. The Labute approximate surface area is 146 Å². The van der Waals surface area contributed by atoms with E-state index < -0.39 is 24.2 Å². The summed E-state index contributed by atoms with van der Waals surface area (Å²) in [5.74, 6) is -0.494. The van der Waals surface area contributed by atoms with Gasteiger partial charge in [-0.2, -0.15) is 0 Å². The average molecular weight is 343 g/mol. The van der Waals surface area contributed by atoms with E-state index in [2.05, 4.69) is 5.32 Å². The van der Waals surface area contributed by atoms with E-state index in [4.69, 9.17) is 9.47 Å². The molecule has 0 aromatic heterocycles. The molecular formula is C19H21NO5. The van der Waals surface area contributed by atoms with Crippen molar-refractivity contribution in [3.05, 3.63) is 66.2 Å². The summed E-state index contributed by atoms with van der Waals surface area (Å²) in [6.07, 6.45) is -1.05. The van der Waals surface area contributed by atoms with Gasteiger partial charge in [0.25, 0.3) is 0 Å². The predicted octanol–water partition coefficient (Wildman–Crippen LogP) is 3.22. The van der Waals surface area contributed by atoms with Gasteiger partial charge in [-0.25, -0.2) is 9.59 Å². The third kappa shape index (κ3) is 6.55. The van der Waals surface area contributed by atoms with E-state index in [0.29, 0.717) is 5.75 Å². The Hall–Kier alpha value is -3.02. The molecule has 0 aliphatic carbocycles. The summed E-state index contributed by atoms with van der Waals surface area (Å²) in [6.45, 7) is 1.83. The van der Waals surface area contributed by atoms with Gasteiger partial charge in [0.1, 0.15) is 18.4 Å². The Bertz CT molecular complexity index is 675. The molecule has 0 bridgehead atoms. The van der Waals surface area contributed by atoms with Gasteiger partial charge in [-0.15, -0.1) is 0 Å². The molecule has 2 aromatic rings. The Morgan fingerprint density at radius 3 is 2.24 bits per heavy atom. The molecular weight excluding hydrogens is 322 g/mol. The molecule has 0 aliphatic heterocycles. The van der Waals surface area contributed by atoms with Crippen molar-refractivity contribution in [2.24, 2.45) is 0 Å². The highest BCUT2D eigenvalue weighted by Crippen LogP contribution is 2.13. The van der Waals surface area contributed by atoms with Gasteiger partial charge < -0.3 is 19.9 Å². The number of hydrogen-bond acceptors (Lipinski definition) is 4. The van der Waals surface area contributed by atoms with Crippen LogP contribution in [0.4, 0.5) is 4.79 Å². The SMILES string of the molecule is CC(C[C@H](NC(=O)OCc1ccccc1)C(=O)O)Oc1ccccc1. The number of para-hydroxylation sites is 1. The van der Waals surface area contributed by atoms with E-state index in [1.54, 1.807) is 19.1 Å². The molecule has 2 aromatic carbocycles. The molecule has 0 heterocycles. The minimum absolute atomic E-state index is 0.0785. The largest absolute Gasteiger partial charge is 0.491 e. The molecule has 0 aliphatic rings. The van der Waals surface area contributed by atoms with Crippen LogP contribution in [0.5, 0.6) is 5.75 Å². The molecule has 2 atom stereocenters. The van der Waals surface area contributed by atoms with Gasteiger partial charge in [0.15, 0.2) is 0 Å². The molecule has 0 spiro atoms. The van der Waals surface area contributed by atoms with Gasteiger partial charge in [0.05, 0.1) is 6.10 Å². The summed E-state index contributed by atoms with van der Waals surface area (Å²) in [6, 6.07) is 17.2. The Morgan fingerprint density at radius 2 is 1.64 bits per heavy atom. The molecule has 0 saturated heterocycles. The predicted molar refractivity (Wildman–Crippen MR) is 92.3 cm³/mol. The summed E-state index contributed by atoms with van der Waals surface area (Å²) < 4.78 is 10.7. The molecule has 0 radical (unpaired) electrons. The van der Waals surface area contributed by atoms with Crippen LogP contribution in [-0.4, -0.2) is 29.3 Å². The summed E-state index contributed by atoms with van der Waals surface area (Å²) in [7, 11) is 0. The number of carboxylic acid groups (broad SMARTS) is 1. The highest BCUT2D eigenvalue weighted by atomic mass is 16.5. The zero-order valence-corrected chi connectivity index (χ0v) is 13.9. The lowest BCUT2D eigenvalue weighted by atomic mass is 10.1. The molecule has 6 nitrogen and oxygen atoms in total. The van der Waals surface area contributed by atoms with Crippen LogP contribution in [0, 0.1) is 0 Å². The maximum Gasteiger partial charge on any atom is 0.408 e. The first-order valence-corrected chi connectivity index (χ1v) is 7.96. The van der Waals surface area contributed by atoms with Crippen LogP contribution in [0.2, 0.25) is 0 Å². The Kier molecular flexibility index (Phi) is 6.83. The molecule has 2 N–H and O–H groups in total. The molecule has 6 heteroatoms. The zero-order valence-electron chi connectivity index (χ0n) is 13.9. The van der Waals surface area contributed by atoms with Gasteiger partial charge in [-0.3, -0.25) is 0 Å². The first-order valence-electron chi connectivity index (χ1n) is 7.96. The van der Waals surface area contributed by atoms with Crippen molar-refractivity contribution in [3.63, 3.8) is 0 Å². The van der Waals surface area contributed by atoms with Crippen LogP contribution in [0.15, 0.2) is 60.7 Å². The standard InChI is InChI=1S/C19H21NO5/c1-14(25-16-10-6-3-7-11-16)12-17(18(21)22)20-19(23)24-13-15-8-4-2-5-9-15/h2-11,14,17H,12-13H2,1H3,(H,20,23)(H,21,22)/t14?,17-/m0/s1. The van der Waals surface area contributed by atoms with Crippen LogP contribution < -0.4 is 10.1 Å². The van der Waals surface area contributed by atoms with Gasteiger partial charge in [0, 0.05) is 6.42 Å². The first kappa shape index (κ1) is 18.3. The van der Waals surface area contributed by atoms with E-state index in [9.17, 15) is 14.7 Å². The molecule has 1 unspecified atom stereocenters. The summed E-state index contributed by atoms with van der Waals surface area (Å²) >= 11 is 0. The number of benzene rings is 2. The van der Waals surface area contributed by atoms with Crippen molar-refractivity contribution in [1.29, 1.82) is 0 Å². The minimum Gasteiger partial charge on any atom is -0.491 e. The quantitative estimate of drug-likeness (QED) is 0.769. The second kappa shape index (κ2) is 9.32. The van der Waals surface area contributed by atoms with E-state index in [1.165, 1.54) is 0 Å². The second-order valence-electron chi connectivity index (χ2n) is 5.57. The number of alkyl carbamates (subject to hydrolysis) is 1. The van der Waals surface area contributed by atoms with Crippen molar-refractivity contribution in [2.45, 2.75) is 32.1 Å². The summed E-state index contributed by atoms with van der Waals surface area (Å²) in [4.78, 5) is 23.2. The van der Waals surface area contributed by atoms with E-state index in [-0.39, 0.29) is 13.0 Å². The fraction of sp³-hybridized carbons (Fsp3) is 0.263. The van der Waals surface area contributed by atoms with Gasteiger partial charge in [0.2, 0.25) is 0 Å². The Balaban J connectivity index is 1.83. The lowest BCUT2D eigenvalue weighted by Crippen LogP contribution is -2.43. The monoisotopic (exact) mass is 343 g/mol. The van der Waals surface area contributed by atoms with Crippen molar-refractivity contribution < 1.29 is 24.2 Å². The summed E-state index contributed by atoms with van der Waals surface area (Å²) in [5, 5.41) is 11.7. The van der Waals surface area contributed by atoms with E-state index in [0.717, 1.165) is 5.56 Å². The van der Waals surface area contributed by atoms with Crippen molar-refractivity contribution >= 4 is 12.1 Å². The average Bonchev–Trinajstić information content (AvgIpc) is 2.61. The molecule has 25 heavy (non-hydrogen) atoms. The number of hydrogen-bond donors (Lipinski definition) is 2. The second-order valence-corrected chi connectivity index (χ2v) is 5.57. The Morgan fingerprint density at radius 1 is 1.04 bits per heavy atom. The molecule has 1 amide bonds. The maximum atomic E-state index is 11.8. The zero-order chi connectivity index (χ0) is 18.1. The number of ether oxygens (including phenoxy) is 2. The number of nitrogens with one attached hydrogen (secondary N) is 1. The highest BCUT2D eigenvalue weighted by Gasteiger charge is 2.24. The van der Waals surface area contributed by atoms with Crippen LogP contribution >= 0.6 is 0 Å². The fourth-order valence-electron chi connectivity index (χ4n) is 2.24. The number of carboxylic acids is 1. The highest BCUT2D eigenvalue weighted by molar-refractivity contribution is 5.79. The van der Waals surface area contributed by atoms with Gasteiger partial charge in [-0.05, 0) is 24.6 Å². The van der Waals surface area contributed by atoms with Crippen LogP contribution in [0.1, 0.15) is 18.9 Å². The fourth-order valence-corrected chi connectivity index (χ4v) is 2.24. The number of rotatable bonds is 8. The number of aliphatic carboxylic acids is 1. The third-order valence-electron chi connectivity index (χ3n) is 3.45. The molecule has 132 valence electrons. The molecule has 2 rings (SSSR count). The van der Waals surface area contributed by atoms with Gasteiger partial charge >= 0.3 is 12.1 Å². The third-order valence-corrected chi connectivity index (χ3v) is 3.45. The molecule has 0 saturated carbocycles. The van der Waals surface area contributed by atoms with Crippen LogP contribution in [-0.2, 0) is 16.1 Å². The van der Waals surface area contributed by atoms with Crippen molar-refractivity contribution in [2.75, 3.05) is 0 Å². The number of carbonyl (C=O) groups is 2. The van der Waals surface area contributed by atoms with Crippen LogP contribution in [0.3, 0.4) is 0 Å². The lowest BCUT2D eigenvalue weighted by Gasteiger charge is -2.20. The number of amides is 1. The first-order chi connectivity index (χ1) is 12.0.